The zero-order valence-electron chi connectivity index (χ0n) is 12.3. The summed E-state index contributed by atoms with van der Waals surface area (Å²) in [4.78, 5) is 0. The standard InChI is InChI=1S/C16H24F3N/c1-3-4-5-6-10-15(20-2)12-13-8-7-9-14(11-13)16(17,18)19/h7-9,11,15,20H,3-6,10,12H2,1-2H3. The lowest BCUT2D eigenvalue weighted by atomic mass is 9.99. The van der Waals surface area contributed by atoms with Crippen LogP contribution in [-0.4, -0.2) is 13.1 Å². The molecule has 0 spiro atoms. The first-order chi connectivity index (χ1) is 9.47. The van der Waals surface area contributed by atoms with Gasteiger partial charge in [-0.2, -0.15) is 13.2 Å². The second-order valence-electron chi connectivity index (χ2n) is 5.24. The van der Waals surface area contributed by atoms with Crippen LogP contribution >= 0.6 is 0 Å². The van der Waals surface area contributed by atoms with Gasteiger partial charge in [0, 0.05) is 6.04 Å². The number of alkyl halides is 3. The fourth-order valence-corrected chi connectivity index (χ4v) is 2.33. The maximum Gasteiger partial charge on any atom is 0.416 e. The molecule has 0 saturated carbocycles. The lowest BCUT2D eigenvalue weighted by Gasteiger charge is -2.17. The fourth-order valence-electron chi connectivity index (χ4n) is 2.33. The molecule has 1 nitrogen and oxygen atoms in total. The van der Waals surface area contributed by atoms with E-state index in [1.165, 1.54) is 31.4 Å². The van der Waals surface area contributed by atoms with E-state index in [2.05, 4.69) is 12.2 Å². The lowest BCUT2D eigenvalue weighted by Crippen LogP contribution is -2.27. The third-order valence-corrected chi connectivity index (χ3v) is 3.55. The van der Waals surface area contributed by atoms with E-state index in [1.54, 1.807) is 6.07 Å². The van der Waals surface area contributed by atoms with Gasteiger partial charge in [-0.3, -0.25) is 0 Å². The van der Waals surface area contributed by atoms with Crippen molar-refractivity contribution >= 4 is 0 Å². The summed E-state index contributed by atoms with van der Waals surface area (Å²) >= 11 is 0. The van der Waals surface area contributed by atoms with Crippen molar-refractivity contribution in [2.24, 2.45) is 0 Å². The molecule has 20 heavy (non-hydrogen) atoms. The highest BCUT2D eigenvalue weighted by Crippen LogP contribution is 2.29. The van der Waals surface area contributed by atoms with E-state index in [0.717, 1.165) is 24.5 Å². The van der Waals surface area contributed by atoms with Crippen LogP contribution < -0.4 is 5.32 Å². The number of hydrogen-bond donors (Lipinski definition) is 1. The molecule has 0 aliphatic heterocycles. The van der Waals surface area contributed by atoms with Gasteiger partial charge in [0.1, 0.15) is 0 Å². The van der Waals surface area contributed by atoms with Gasteiger partial charge in [-0.25, -0.2) is 0 Å². The SMILES string of the molecule is CCCCCCC(Cc1cccc(C(F)(F)F)c1)NC. The maximum absolute atomic E-state index is 12.7. The van der Waals surface area contributed by atoms with Gasteiger partial charge in [0.2, 0.25) is 0 Å². The summed E-state index contributed by atoms with van der Waals surface area (Å²) in [6.07, 6.45) is 2.12. The molecule has 4 heteroatoms. The molecule has 0 saturated heterocycles. The van der Waals surface area contributed by atoms with Gasteiger partial charge in [0.15, 0.2) is 0 Å². The van der Waals surface area contributed by atoms with Gasteiger partial charge in [-0.15, -0.1) is 0 Å². The largest absolute Gasteiger partial charge is 0.416 e. The molecule has 0 amide bonds. The minimum absolute atomic E-state index is 0.246. The van der Waals surface area contributed by atoms with Crippen molar-refractivity contribution in [3.8, 4) is 0 Å². The third-order valence-electron chi connectivity index (χ3n) is 3.55. The van der Waals surface area contributed by atoms with Crippen LogP contribution in [0.1, 0.15) is 50.2 Å². The highest BCUT2D eigenvalue weighted by molar-refractivity contribution is 5.26. The highest BCUT2D eigenvalue weighted by Gasteiger charge is 2.30. The zero-order chi connectivity index (χ0) is 15.0. The Balaban J connectivity index is 2.56. The number of benzene rings is 1. The molecule has 0 aromatic heterocycles. The first-order valence-electron chi connectivity index (χ1n) is 7.30. The number of unbranched alkanes of at least 4 members (excludes halogenated alkanes) is 3. The van der Waals surface area contributed by atoms with E-state index in [0.29, 0.717) is 6.42 Å². The number of hydrogen-bond acceptors (Lipinski definition) is 1. The van der Waals surface area contributed by atoms with Gasteiger partial charge in [-0.05, 0) is 31.5 Å². The molecule has 1 N–H and O–H groups in total. The molecule has 0 radical (unpaired) electrons. The Morgan fingerprint density at radius 2 is 1.90 bits per heavy atom. The van der Waals surface area contributed by atoms with Crippen molar-refractivity contribution in [3.05, 3.63) is 35.4 Å². The van der Waals surface area contributed by atoms with Crippen LogP contribution in [-0.2, 0) is 12.6 Å². The molecular weight excluding hydrogens is 263 g/mol. The van der Waals surface area contributed by atoms with E-state index >= 15 is 0 Å². The molecule has 1 aromatic rings. The number of rotatable bonds is 8. The molecule has 1 unspecified atom stereocenters. The van der Waals surface area contributed by atoms with Crippen molar-refractivity contribution in [1.82, 2.24) is 5.32 Å². The summed E-state index contributed by atoms with van der Waals surface area (Å²) in [5.74, 6) is 0. The van der Waals surface area contributed by atoms with E-state index in [4.69, 9.17) is 0 Å². The van der Waals surface area contributed by atoms with E-state index in [1.807, 2.05) is 7.05 Å². The van der Waals surface area contributed by atoms with Crippen molar-refractivity contribution in [2.75, 3.05) is 7.05 Å². The zero-order valence-corrected chi connectivity index (χ0v) is 12.3. The predicted molar refractivity (Wildman–Crippen MR) is 76.8 cm³/mol. The first-order valence-corrected chi connectivity index (χ1v) is 7.30. The summed E-state index contributed by atoms with van der Waals surface area (Å²) in [7, 11) is 1.87. The Bertz CT molecular complexity index is 388. The molecule has 0 bridgehead atoms. The minimum Gasteiger partial charge on any atom is -0.317 e. The van der Waals surface area contributed by atoms with E-state index < -0.39 is 11.7 Å². The van der Waals surface area contributed by atoms with Crippen LogP contribution in [0.2, 0.25) is 0 Å². The molecule has 0 fully saturated rings. The van der Waals surface area contributed by atoms with Crippen LogP contribution in [0.3, 0.4) is 0 Å². The summed E-state index contributed by atoms with van der Waals surface area (Å²) < 4.78 is 38.0. The monoisotopic (exact) mass is 287 g/mol. The van der Waals surface area contributed by atoms with Gasteiger partial charge >= 0.3 is 6.18 Å². The average molecular weight is 287 g/mol. The van der Waals surface area contributed by atoms with Crippen molar-refractivity contribution in [1.29, 1.82) is 0 Å². The van der Waals surface area contributed by atoms with Gasteiger partial charge < -0.3 is 5.32 Å². The van der Waals surface area contributed by atoms with E-state index in [9.17, 15) is 13.2 Å². The quantitative estimate of drug-likeness (QED) is 0.677. The van der Waals surface area contributed by atoms with Crippen molar-refractivity contribution in [2.45, 2.75) is 57.7 Å². The highest BCUT2D eigenvalue weighted by atomic mass is 19.4. The topological polar surface area (TPSA) is 12.0 Å². The third kappa shape index (κ3) is 5.95. The molecule has 0 heterocycles. The molecule has 1 aromatic carbocycles. The summed E-state index contributed by atoms with van der Waals surface area (Å²) in [5, 5.41) is 3.20. The molecule has 1 rings (SSSR count). The normalized spacial score (nSPS) is 13.4. The Kier molecular flexibility index (Phi) is 7.06. The fraction of sp³-hybridized carbons (Fsp3) is 0.625. The van der Waals surface area contributed by atoms with Crippen molar-refractivity contribution < 1.29 is 13.2 Å². The van der Waals surface area contributed by atoms with Crippen molar-refractivity contribution in [3.63, 3.8) is 0 Å². The van der Waals surface area contributed by atoms with Crippen LogP contribution in [0.5, 0.6) is 0 Å². The Labute approximate surface area is 119 Å². The lowest BCUT2D eigenvalue weighted by molar-refractivity contribution is -0.137. The maximum atomic E-state index is 12.7. The molecular formula is C16H24F3N. The first kappa shape index (κ1) is 17.0. The molecule has 114 valence electrons. The van der Waals surface area contributed by atoms with Crippen LogP contribution in [0.4, 0.5) is 13.2 Å². The van der Waals surface area contributed by atoms with Gasteiger partial charge in [0.25, 0.3) is 0 Å². The summed E-state index contributed by atoms with van der Waals surface area (Å²) in [6.45, 7) is 2.16. The number of likely N-dealkylation sites (N-methyl/N-ethyl adjacent to an activating group) is 1. The molecule has 0 aliphatic carbocycles. The van der Waals surface area contributed by atoms with Gasteiger partial charge in [0.05, 0.1) is 5.56 Å². The van der Waals surface area contributed by atoms with E-state index in [-0.39, 0.29) is 6.04 Å². The Morgan fingerprint density at radius 1 is 1.15 bits per heavy atom. The smallest absolute Gasteiger partial charge is 0.317 e. The second-order valence-corrected chi connectivity index (χ2v) is 5.24. The summed E-state index contributed by atoms with van der Waals surface area (Å²) in [6, 6.07) is 5.89. The Hall–Kier alpha value is -1.03. The Morgan fingerprint density at radius 3 is 2.50 bits per heavy atom. The number of halogens is 3. The van der Waals surface area contributed by atoms with Crippen LogP contribution in [0, 0.1) is 0 Å². The minimum atomic E-state index is -4.26. The second kappa shape index (κ2) is 8.30. The molecule has 0 aliphatic rings. The number of nitrogens with one attached hydrogen (secondary N) is 1. The molecule has 1 atom stereocenters. The van der Waals surface area contributed by atoms with Crippen LogP contribution in [0.15, 0.2) is 24.3 Å². The van der Waals surface area contributed by atoms with Crippen LogP contribution in [0.25, 0.3) is 0 Å². The predicted octanol–water partition coefficient (Wildman–Crippen LogP) is 4.81. The average Bonchev–Trinajstić information content (AvgIpc) is 2.41. The summed E-state index contributed by atoms with van der Waals surface area (Å²) in [5.41, 5.74) is 0.186. The van der Waals surface area contributed by atoms with Gasteiger partial charge in [-0.1, -0.05) is 50.8 Å².